The van der Waals surface area contributed by atoms with Gasteiger partial charge < -0.3 is 20.7 Å². The Morgan fingerprint density at radius 3 is 2.00 bits per heavy atom. The summed E-state index contributed by atoms with van der Waals surface area (Å²) in [4.78, 5) is 35.8. The molecule has 0 saturated carbocycles. The van der Waals surface area contributed by atoms with Gasteiger partial charge in [-0.05, 0) is 63.1 Å². The summed E-state index contributed by atoms with van der Waals surface area (Å²) in [6, 6.07) is 14.6. The van der Waals surface area contributed by atoms with Crippen LogP contribution < -0.4 is 16.0 Å². The van der Waals surface area contributed by atoms with Crippen LogP contribution in [0.2, 0.25) is 0 Å². The Hall–Kier alpha value is -3.35. The van der Waals surface area contributed by atoms with Gasteiger partial charge in [-0.3, -0.25) is 9.59 Å². The largest absolute Gasteiger partial charge is 0.444 e. The van der Waals surface area contributed by atoms with E-state index in [9.17, 15) is 14.4 Å². The quantitative estimate of drug-likeness (QED) is 0.641. The van der Waals surface area contributed by atoms with E-state index in [1.165, 1.54) is 0 Å². The number of anilines is 2. The van der Waals surface area contributed by atoms with Crippen molar-refractivity contribution in [2.45, 2.75) is 46.1 Å². The standard InChI is InChI=1S/C23H29N3O4/c1-16-7-5-6-8-17(16)15-21(28)26-19-11-9-18(10-12-19)25-20(27)13-14-24-22(29)30-23(2,3)4/h5-12H,13-15H2,1-4H3,(H,24,29)(H,25,27)(H,26,28). The number of aryl methyl sites for hydroxylation is 1. The Kier molecular flexibility index (Phi) is 7.98. The molecule has 7 heteroatoms. The van der Waals surface area contributed by atoms with E-state index in [2.05, 4.69) is 16.0 Å². The first-order chi connectivity index (χ1) is 14.1. The van der Waals surface area contributed by atoms with E-state index in [-0.39, 0.29) is 24.8 Å². The molecule has 0 heterocycles. The van der Waals surface area contributed by atoms with E-state index >= 15 is 0 Å². The van der Waals surface area contributed by atoms with E-state index in [4.69, 9.17) is 4.74 Å². The Morgan fingerprint density at radius 1 is 0.867 bits per heavy atom. The highest BCUT2D eigenvalue weighted by atomic mass is 16.6. The summed E-state index contributed by atoms with van der Waals surface area (Å²) < 4.78 is 5.11. The van der Waals surface area contributed by atoms with Crippen molar-refractivity contribution in [1.82, 2.24) is 5.32 Å². The van der Waals surface area contributed by atoms with E-state index in [0.717, 1.165) is 11.1 Å². The van der Waals surface area contributed by atoms with Crippen molar-refractivity contribution in [3.05, 3.63) is 59.7 Å². The lowest BCUT2D eigenvalue weighted by Gasteiger charge is -2.19. The highest BCUT2D eigenvalue weighted by Gasteiger charge is 2.16. The number of benzene rings is 2. The molecule has 30 heavy (non-hydrogen) atoms. The molecule has 3 N–H and O–H groups in total. The number of nitrogens with one attached hydrogen (secondary N) is 3. The Balaban J connectivity index is 1.76. The van der Waals surface area contributed by atoms with Crippen molar-refractivity contribution in [1.29, 1.82) is 0 Å². The monoisotopic (exact) mass is 411 g/mol. The summed E-state index contributed by atoms with van der Waals surface area (Å²) in [6.07, 6.45) is -0.134. The predicted molar refractivity (Wildman–Crippen MR) is 117 cm³/mol. The lowest BCUT2D eigenvalue weighted by Crippen LogP contribution is -2.34. The van der Waals surface area contributed by atoms with Gasteiger partial charge >= 0.3 is 6.09 Å². The van der Waals surface area contributed by atoms with Crippen LogP contribution in [-0.2, 0) is 20.7 Å². The summed E-state index contributed by atoms with van der Waals surface area (Å²) in [6.45, 7) is 7.47. The minimum absolute atomic E-state index is 0.102. The van der Waals surface area contributed by atoms with Gasteiger partial charge in [-0.25, -0.2) is 4.79 Å². The van der Waals surface area contributed by atoms with Gasteiger partial charge in [0.2, 0.25) is 11.8 Å². The maximum Gasteiger partial charge on any atom is 0.407 e. The van der Waals surface area contributed by atoms with Crippen LogP contribution >= 0.6 is 0 Å². The lowest BCUT2D eigenvalue weighted by atomic mass is 10.1. The highest BCUT2D eigenvalue weighted by Crippen LogP contribution is 2.15. The number of hydrogen-bond acceptors (Lipinski definition) is 4. The van der Waals surface area contributed by atoms with Crippen LogP contribution in [-0.4, -0.2) is 30.1 Å². The van der Waals surface area contributed by atoms with Crippen LogP contribution in [0.4, 0.5) is 16.2 Å². The van der Waals surface area contributed by atoms with Crippen molar-refractivity contribution in [2.75, 3.05) is 17.2 Å². The zero-order valence-corrected chi connectivity index (χ0v) is 17.9. The molecule has 0 atom stereocenters. The molecule has 2 rings (SSSR count). The molecular formula is C23H29N3O4. The number of rotatable bonds is 7. The van der Waals surface area contributed by atoms with Gasteiger partial charge in [-0.1, -0.05) is 24.3 Å². The molecule has 0 aliphatic rings. The molecule has 0 aliphatic carbocycles. The normalized spacial score (nSPS) is 10.8. The van der Waals surface area contributed by atoms with Crippen LogP contribution in [0.3, 0.4) is 0 Å². The third kappa shape index (κ3) is 8.34. The van der Waals surface area contributed by atoms with Crippen molar-refractivity contribution >= 4 is 29.3 Å². The second-order valence-corrected chi connectivity index (χ2v) is 7.96. The van der Waals surface area contributed by atoms with E-state index in [1.807, 2.05) is 31.2 Å². The summed E-state index contributed by atoms with van der Waals surface area (Å²) in [5.41, 5.74) is 2.74. The number of ether oxygens (including phenoxy) is 1. The van der Waals surface area contributed by atoms with Gasteiger partial charge in [0.1, 0.15) is 5.60 Å². The topological polar surface area (TPSA) is 96.5 Å². The fraction of sp³-hybridized carbons (Fsp3) is 0.348. The molecule has 0 spiro atoms. The first kappa shape index (κ1) is 22.9. The van der Waals surface area contributed by atoms with Gasteiger partial charge in [0.05, 0.1) is 6.42 Å². The highest BCUT2D eigenvalue weighted by molar-refractivity contribution is 5.94. The summed E-state index contributed by atoms with van der Waals surface area (Å²) in [5.74, 6) is -0.336. The zero-order chi connectivity index (χ0) is 22.1. The van der Waals surface area contributed by atoms with Gasteiger partial charge in [0, 0.05) is 24.3 Å². The Bertz CT molecular complexity index is 886. The smallest absolute Gasteiger partial charge is 0.407 e. The minimum atomic E-state index is -0.580. The first-order valence-electron chi connectivity index (χ1n) is 9.83. The fourth-order valence-corrected chi connectivity index (χ4v) is 2.64. The van der Waals surface area contributed by atoms with Crippen molar-refractivity contribution in [2.24, 2.45) is 0 Å². The van der Waals surface area contributed by atoms with Crippen LogP contribution in [0.1, 0.15) is 38.3 Å². The van der Waals surface area contributed by atoms with Gasteiger partial charge in [-0.15, -0.1) is 0 Å². The fourth-order valence-electron chi connectivity index (χ4n) is 2.64. The van der Waals surface area contributed by atoms with E-state index < -0.39 is 11.7 Å². The summed E-state index contributed by atoms with van der Waals surface area (Å²) >= 11 is 0. The molecule has 0 unspecified atom stereocenters. The number of hydrogen-bond donors (Lipinski definition) is 3. The predicted octanol–water partition coefficient (Wildman–Crippen LogP) is 4.03. The molecule has 2 aromatic rings. The first-order valence-corrected chi connectivity index (χ1v) is 9.83. The maximum absolute atomic E-state index is 12.2. The number of carbonyl (C=O) groups excluding carboxylic acids is 3. The molecular weight excluding hydrogens is 382 g/mol. The summed E-state index contributed by atoms with van der Waals surface area (Å²) in [5, 5.41) is 8.14. The molecule has 0 aromatic heterocycles. The minimum Gasteiger partial charge on any atom is -0.444 e. The summed E-state index contributed by atoms with van der Waals surface area (Å²) in [7, 11) is 0. The molecule has 7 nitrogen and oxygen atoms in total. The molecule has 0 bridgehead atoms. The van der Waals surface area contributed by atoms with Crippen molar-refractivity contribution in [3.63, 3.8) is 0 Å². The lowest BCUT2D eigenvalue weighted by molar-refractivity contribution is -0.116. The van der Waals surface area contributed by atoms with Crippen LogP contribution in [0, 0.1) is 6.92 Å². The average molecular weight is 412 g/mol. The number of carbonyl (C=O) groups is 3. The number of alkyl carbamates (subject to hydrolysis) is 1. The van der Waals surface area contributed by atoms with Crippen LogP contribution in [0.15, 0.2) is 48.5 Å². The molecule has 0 radical (unpaired) electrons. The Morgan fingerprint density at radius 2 is 1.43 bits per heavy atom. The van der Waals surface area contributed by atoms with E-state index in [1.54, 1.807) is 45.0 Å². The van der Waals surface area contributed by atoms with Crippen LogP contribution in [0.25, 0.3) is 0 Å². The third-order valence-electron chi connectivity index (χ3n) is 4.08. The van der Waals surface area contributed by atoms with Crippen molar-refractivity contribution < 1.29 is 19.1 Å². The number of amides is 3. The van der Waals surface area contributed by atoms with Crippen LogP contribution in [0.5, 0.6) is 0 Å². The second-order valence-electron chi connectivity index (χ2n) is 7.96. The molecule has 0 aliphatic heterocycles. The maximum atomic E-state index is 12.2. The zero-order valence-electron chi connectivity index (χ0n) is 17.9. The van der Waals surface area contributed by atoms with Crippen molar-refractivity contribution in [3.8, 4) is 0 Å². The second kappa shape index (κ2) is 10.4. The van der Waals surface area contributed by atoms with Gasteiger partial charge in [0.15, 0.2) is 0 Å². The molecule has 0 saturated heterocycles. The average Bonchev–Trinajstić information content (AvgIpc) is 2.64. The van der Waals surface area contributed by atoms with E-state index in [0.29, 0.717) is 17.8 Å². The SMILES string of the molecule is Cc1ccccc1CC(=O)Nc1ccc(NC(=O)CCNC(=O)OC(C)(C)C)cc1. The van der Waals surface area contributed by atoms with Gasteiger partial charge in [0.25, 0.3) is 0 Å². The third-order valence-corrected chi connectivity index (χ3v) is 4.08. The molecule has 3 amide bonds. The molecule has 2 aromatic carbocycles. The molecule has 0 fully saturated rings. The molecule has 160 valence electrons. The van der Waals surface area contributed by atoms with Gasteiger partial charge in [-0.2, -0.15) is 0 Å². The Labute approximate surface area is 177 Å².